The summed E-state index contributed by atoms with van der Waals surface area (Å²) in [6.45, 7) is 3.12. The van der Waals surface area contributed by atoms with Crippen LogP contribution in [0.3, 0.4) is 0 Å². The molecule has 1 aromatic carbocycles. The van der Waals surface area contributed by atoms with E-state index in [1.54, 1.807) is 7.11 Å². The Kier molecular flexibility index (Phi) is 5.77. The first-order chi connectivity index (χ1) is 10.6. The number of carbonyl (C=O) groups excluding carboxylic acids is 2. The summed E-state index contributed by atoms with van der Waals surface area (Å²) in [6.07, 6.45) is 1.25. The number of carbonyl (C=O) groups is 2. The van der Waals surface area contributed by atoms with E-state index in [1.807, 2.05) is 34.1 Å². The number of rotatable bonds is 5. The van der Waals surface area contributed by atoms with Crippen LogP contribution < -0.4 is 10.5 Å². The number of primary amides is 1. The zero-order chi connectivity index (χ0) is 15.9. The minimum atomic E-state index is -0.321. The maximum absolute atomic E-state index is 12.4. The van der Waals surface area contributed by atoms with Crippen LogP contribution >= 0.6 is 0 Å². The highest BCUT2D eigenvalue weighted by Gasteiger charge is 2.19. The summed E-state index contributed by atoms with van der Waals surface area (Å²) in [4.78, 5) is 27.2. The van der Waals surface area contributed by atoms with Crippen molar-refractivity contribution < 1.29 is 14.3 Å². The summed E-state index contributed by atoms with van der Waals surface area (Å²) >= 11 is 0. The predicted octanol–water partition coefficient (Wildman–Crippen LogP) is 0.257. The van der Waals surface area contributed by atoms with Crippen molar-refractivity contribution in [2.45, 2.75) is 12.8 Å². The largest absolute Gasteiger partial charge is 0.497 e. The lowest BCUT2D eigenvalue weighted by atomic mass is 10.1. The van der Waals surface area contributed by atoms with E-state index in [0.717, 1.165) is 30.8 Å². The van der Waals surface area contributed by atoms with E-state index in [1.165, 1.54) is 0 Å². The van der Waals surface area contributed by atoms with Crippen LogP contribution in [0.15, 0.2) is 24.3 Å². The highest BCUT2D eigenvalue weighted by molar-refractivity contribution is 5.79. The molecular weight excluding hydrogens is 282 g/mol. The van der Waals surface area contributed by atoms with Crippen LogP contribution in [-0.2, 0) is 16.0 Å². The smallest absolute Gasteiger partial charge is 0.231 e. The maximum Gasteiger partial charge on any atom is 0.231 e. The van der Waals surface area contributed by atoms with E-state index in [9.17, 15) is 9.59 Å². The molecule has 6 nitrogen and oxygen atoms in total. The van der Waals surface area contributed by atoms with Gasteiger partial charge < -0.3 is 15.4 Å². The molecule has 0 spiro atoms. The Morgan fingerprint density at radius 1 is 1.14 bits per heavy atom. The van der Waals surface area contributed by atoms with E-state index in [0.29, 0.717) is 19.5 Å². The highest BCUT2D eigenvalue weighted by Crippen LogP contribution is 2.13. The number of methoxy groups -OCH3 is 1. The van der Waals surface area contributed by atoms with Gasteiger partial charge in [0.2, 0.25) is 11.8 Å². The van der Waals surface area contributed by atoms with Gasteiger partial charge in [-0.2, -0.15) is 0 Å². The molecule has 1 aromatic rings. The van der Waals surface area contributed by atoms with Gasteiger partial charge in [-0.05, 0) is 24.1 Å². The molecule has 0 atom stereocenters. The zero-order valence-electron chi connectivity index (χ0n) is 13.0. The lowest BCUT2D eigenvalue weighted by Gasteiger charge is -2.21. The Hall–Kier alpha value is -2.08. The van der Waals surface area contributed by atoms with Crippen molar-refractivity contribution in [3.8, 4) is 5.75 Å². The molecule has 1 aliphatic heterocycles. The Bertz CT molecular complexity index is 516. The molecule has 6 heteroatoms. The van der Waals surface area contributed by atoms with E-state index in [4.69, 9.17) is 10.5 Å². The van der Waals surface area contributed by atoms with Gasteiger partial charge in [-0.25, -0.2) is 0 Å². The van der Waals surface area contributed by atoms with Crippen molar-refractivity contribution in [2.75, 3.05) is 39.8 Å². The fraction of sp³-hybridized carbons (Fsp3) is 0.500. The molecule has 1 aliphatic rings. The number of hydrogen-bond acceptors (Lipinski definition) is 4. The summed E-state index contributed by atoms with van der Waals surface area (Å²) in [5.74, 6) is 0.581. The highest BCUT2D eigenvalue weighted by atomic mass is 16.5. The van der Waals surface area contributed by atoms with Crippen LogP contribution in [0.2, 0.25) is 0 Å². The number of ether oxygens (including phenoxy) is 1. The summed E-state index contributed by atoms with van der Waals surface area (Å²) < 4.78 is 5.11. The number of amides is 2. The van der Waals surface area contributed by atoms with E-state index in [2.05, 4.69) is 0 Å². The van der Waals surface area contributed by atoms with Gasteiger partial charge in [-0.1, -0.05) is 12.1 Å². The first kappa shape index (κ1) is 16.3. The van der Waals surface area contributed by atoms with E-state index < -0.39 is 0 Å². The Morgan fingerprint density at radius 3 is 2.50 bits per heavy atom. The van der Waals surface area contributed by atoms with Crippen LogP contribution in [0.4, 0.5) is 0 Å². The van der Waals surface area contributed by atoms with Gasteiger partial charge in [0.25, 0.3) is 0 Å². The predicted molar refractivity (Wildman–Crippen MR) is 83.5 cm³/mol. The minimum absolute atomic E-state index is 0.117. The standard InChI is InChI=1S/C16H23N3O3/c1-22-14-5-3-13(4-6-14)11-16(21)19-8-2-7-18(9-10-19)12-15(17)20/h3-6H,2,7-12H2,1H3,(H2,17,20). The first-order valence-electron chi connectivity index (χ1n) is 7.50. The van der Waals surface area contributed by atoms with Crippen LogP contribution in [0.1, 0.15) is 12.0 Å². The van der Waals surface area contributed by atoms with Crippen molar-refractivity contribution >= 4 is 11.8 Å². The molecule has 0 saturated carbocycles. The number of nitrogens with two attached hydrogens (primary N) is 1. The molecule has 0 bridgehead atoms. The van der Waals surface area contributed by atoms with Crippen molar-refractivity contribution in [3.05, 3.63) is 29.8 Å². The Labute approximate surface area is 130 Å². The lowest BCUT2D eigenvalue weighted by Crippen LogP contribution is -2.38. The van der Waals surface area contributed by atoms with Crippen LogP contribution in [0.5, 0.6) is 5.75 Å². The maximum atomic E-state index is 12.4. The normalized spacial score (nSPS) is 16.1. The van der Waals surface area contributed by atoms with Crippen LogP contribution in [0, 0.1) is 0 Å². The number of nitrogens with zero attached hydrogens (tertiary/aromatic N) is 2. The number of benzene rings is 1. The Morgan fingerprint density at radius 2 is 1.86 bits per heavy atom. The third-order valence-corrected chi connectivity index (χ3v) is 3.84. The molecule has 0 radical (unpaired) electrons. The molecule has 1 heterocycles. The molecule has 0 unspecified atom stereocenters. The van der Waals surface area contributed by atoms with Crippen molar-refractivity contribution in [1.82, 2.24) is 9.80 Å². The SMILES string of the molecule is COc1ccc(CC(=O)N2CCCN(CC(N)=O)CC2)cc1. The quantitative estimate of drug-likeness (QED) is 0.846. The van der Waals surface area contributed by atoms with E-state index in [-0.39, 0.29) is 18.4 Å². The molecule has 2 amide bonds. The monoisotopic (exact) mass is 305 g/mol. The average Bonchev–Trinajstić information content (AvgIpc) is 2.73. The van der Waals surface area contributed by atoms with Gasteiger partial charge in [0.05, 0.1) is 20.1 Å². The van der Waals surface area contributed by atoms with Crippen LogP contribution in [0.25, 0.3) is 0 Å². The molecule has 120 valence electrons. The van der Waals surface area contributed by atoms with E-state index >= 15 is 0 Å². The summed E-state index contributed by atoms with van der Waals surface area (Å²) in [7, 11) is 1.62. The van der Waals surface area contributed by atoms with Crippen molar-refractivity contribution in [1.29, 1.82) is 0 Å². The van der Waals surface area contributed by atoms with Gasteiger partial charge >= 0.3 is 0 Å². The average molecular weight is 305 g/mol. The number of hydrogen-bond donors (Lipinski definition) is 1. The second-order valence-corrected chi connectivity index (χ2v) is 5.50. The van der Waals surface area contributed by atoms with Gasteiger partial charge in [0, 0.05) is 26.2 Å². The lowest BCUT2D eigenvalue weighted by molar-refractivity contribution is -0.130. The molecule has 1 fully saturated rings. The Balaban J connectivity index is 1.87. The molecule has 1 saturated heterocycles. The zero-order valence-corrected chi connectivity index (χ0v) is 13.0. The first-order valence-corrected chi connectivity index (χ1v) is 7.50. The summed E-state index contributed by atoms with van der Waals surface area (Å²) in [5, 5.41) is 0. The van der Waals surface area contributed by atoms with Gasteiger partial charge in [0.15, 0.2) is 0 Å². The molecule has 0 aromatic heterocycles. The topological polar surface area (TPSA) is 75.9 Å². The van der Waals surface area contributed by atoms with Gasteiger partial charge in [0.1, 0.15) is 5.75 Å². The molecule has 2 N–H and O–H groups in total. The molecule has 0 aliphatic carbocycles. The molecular formula is C16H23N3O3. The third kappa shape index (κ3) is 4.73. The molecule has 22 heavy (non-hydrogen) atoms. The van der Waals surface area contributed by atoms with Crippen molar-refractivity contribution in [2.24, 2.45) is 5.73 Å². The van der Waals surface area contributed by atoms with Gasteiger partial charge in [-0.15, -0.1) is 0 Å². The minimum Gasteiger partial charge on any atom is -0.497 e. The summed E-state index contributed by atoms with van der Waals surface area (Å²) in [5.41, 5.74) is 6.20. The second kappa shape index (κ2) is 7.79. The van der Waals surface area contributed by atoms with Gasteiger partial charge in [-0.3, -0.25) is 14.5 Å². The second-order valence-electron chi connectivity index (χ2n) is 5.50. The van der Waals surface area contributed by atoms with Crippen LogP contribution in [-0.4, -0.2) is 61.4 Å². The molecule has 2 rings (SSSR count). The third-order valence-electron chi connectivity index (χ3n) is 3.84. The fourth-order valence-electron chi connectivity index (χ4n) is 2.63. The fourth-order valence-corrected chi connectivity index (χ4v) is 2.63. The summed E-state index contributed by atoms with van der Waals surface area (Å²) in [6, 6.07) is 7.54. The van der Waals surface area contributed by atoms with Crippen molar-refractivity contribution in [3.63, 3.8) is 0 Å².